The molecular weight excluding hydrogens is 504 g/mol. The number of para-hydroxylation sites is 2. The Labute approximate surface area is 235 Å². The van der Waals surface area contributed by atoms with Gasteiger partial charge in [0.1, 0.15) is 11.2 Å². The number of hydrogen-bond donors (Lipinski definition) is 0. The Morgan fingerprint density at radius 1 is 0.488 bits per heavy atom. The quantitative estimate of drug-likeness (QED) is 0.229. The summed E-state index contributed by atoms with van der Waals surface area (Å²) in [5.41, 5.74) is 9.58. The molecule has 3 aromatic carbocycles. The maximum Gasteiger partial charge on any atom is 0.147 e. The predicted octanol–water partition coefficient (Wildman–Crippen LogP) is 8.99. The number of fused-ring (bicyclic) bond motifs is 5. The van der Waals surface area contributed by atoms with Gasteiger partial charge in [-0.25, -0.2) is 9.97 Å². The lowest BCUT2D eigenvalue weighted by Crippen LogP contribution is -1.95. The van der Waals surface area contributed by atoms with E-state index in [0.29, 0.717) is 0 Å². The van der Waals surface area contributed by atoms with E-state index in [4.69, 9.17) is 14.4 Å². The third-order valence-electron chi connectivity index (χ3n) is 7.37. The van der Waals surface area contributed by atoms with Gasteiger partial charge in [-0.3, -0.25) is 9.97 Å². The molecule has 5 aromatic heterocycles. The number of benzene rings is 3. The Morgan fingerprint density at radius 3 is 1.85 bits per heavy atom. The van der Waals surface area contributed by atoms with Crippen LogP contribution in [0.5, 0.6) is 0 Å². The molecule has 0 amide bonds. The van der Waals surface area contributed by atoms with E-state index in [2.05, 4.69) is 58.5 Å². The van der Waals surface area contributed by atoms with Gasteiger partial charge in [0.05, 0.1) is 39.4 Å². The van der Waals surface area contributed by atoms with E-state index in [1.807, 2.05) is 72.8 Å². The Balaban J connectivity index is 1.46. The Morgan fingerprint density at radius 2 is 1.15 bits per heavy atom. The average Bonchev–Trinajstić information content (AvgIpc) is 3.45. The van der Waals surface area contributed by atoms with E-state index in [9.17, 15) is 0 Å². The fraction of sp³-hybridized carbons (Fsp3) is 0. The zero-order chi connectivity index (χ0) is 27.2. The predicted molar refractivity (Wildman–Crippen MR) is 164 cm³/mol. The van der Waals surface area contributed by atoms with E-state index in [-0.39, 0.29) is 0 Å². The third-order valence-corrected chi connectivity index (χ3v) is 7.37. The summed E-state index contributed by atoms with van der Waals surface area (Å²) in [6, 6.07) is 40.6. The normalized spacial score (nSPS) is 11.4. The van der Waals surface area contributed by atoms with Crippen LogP contribution >= 0.6 is 0 Å². The zero-order valence-corrected chi connectivity index (χ0v) is 21.9. The summed E-state index contributed by atoms with van der Waals surface area (Å²) < 4.78 is 6.53. The molecule has 0 aliphatic carbocycles. The van der Waals surface area contributed by atoms with Crippen LogP contribution in [0.3, 0.4) is 0 Å². The summed E-state index contributed by atoms with van der Waals surface area (Å²) in [5.74, 6) is 0. The van der Waals surface area contributed by atoms with Crippen molar-refractivity contribution in [2.75, 3.05) is 0 Å². The van der Waals surface area contributed by atoms with E-state index < -0.39 is 0 Å². The number of furan rings is 1. The van der Waals surface area contributed by atoms with Crippen LogP contribution < -0.4 is 0 Å². The first kappa shape index (κ1) is 23.2. The molecule has 0 aliphatic heterocycles. The summed E-state index contributed by atoms with van der Waals surface area (Å²) >= 11 is 0. The van der Waals surface area contributed by atoms with Crippen molar-refractivity contribution in [2.24, 2.45) is 0 Å². The minimum atomic E-state index is 0.772. The molecule has 0 bridgehead atoms. The van der Waals surface area contributed by atoms with Crippen molar-refractivity contribution >= 4 is 32.8 Å². The highest BCUT2D eigenvalue weighted by molar-refractivity contribution is 6.20. The second-order valence-corrected chi connectivity index (χ2v) is 9.89. The molecule has 41 heavy (non-hydrogen) atoms. The molecular formula is C36H22N4O. The Hall–Kier alpha value is -5.68. The molecule has 0 aliphatic rings. The molecule has 0 spiro atoms. The molecule has 0 saturated carbocycles. The van der Waals surface area contributed by atoms with Crippen LogP contribution in [0.1, 0.15) is 0 Å². The number of rotatable bonds is 4. The summed E-state index contributed by atoms with van der Waals surface area (Å²) in [4.78, 5) is 19.5. The molecule has 192 valence electrons. The standard InChI is InChI=1S/C36H22N4O/c1-2-11-23(12-3-1)34-33-26-13-4-5-18-32(26)41-36(33)27-15-10-14-25(35(27)40-34)24-21-30(28-16-6-8-19-37-28)39-31(22-24)29-17-7-9-20-38-29/h1-22H. The number of hydrogen-bond acceptors (Lipinski definition) is 5. The van der Waals surface area contributed by atoms with Crippen LogP contribution in [-0.2, 0) is 0 Å². The maximum absolute atomic E-state index is 6.53. The molecule has 0 fully saturated rings. The first-order valence-corrected chi connectivity index (χ1v) is 13.5. The number of pyridine rings is 4. The van der Waals surface area contributed by atoms with Gasteiger partial charge < -0.3 is 4.42 Å². The summed E-state index contributed by atoms with van der Waals surface area (Å²) in [6.07, 6.45) is 3.57. The highest BCUT2D eigenvalue weighted by Crippen LogP contribution is 2.42. The van der Waals surface area contributed by atoms with Crippen LogP contribution in [0.25, 0.3) is 78.0 Å². The van der Waals surface area contributed by atoms with E-state index in [1.54, 1.807) is 12.4 Å². The fourth-order valence-corrected chi connectivity index (χ4v) is 5.50. The van der Waals surface area contributed by atoms with Crippen molar-refractivity contribution in [1.82, 2.24) is 19.9 Å². The van der Waals surface area contributed by atoms with Gasteiger partial charge in [0, 0.05) is 34.3 Å². The largest absolute Gasteiger partial charge is 0.455 e. The molecule has 0 N–H and O–H groups in total. The molecule has 8 aromatic rings. The molecule has 5 nitrogen and oxygen atoms in total. The average molecular weight is 527 g/mol. The first-order valence-electron chi connectivity index (χ1n) is 13.5. The number of nitrogens with zero attached hydrogens (tertiary/aromatic N) is 4. The lowest BCUT2D eigenvalue weighted by atomic mass is 9.97. The van der Waals surface area contributed by atoms with Gasteiger partial charge in [-0.1, -0.05) is 72.8 Å². The third kappa shape index (κ3) is 3.95. The van der Waals surface area contributed by atoms with Crippen LogP contribution in [0.2, 0.25) is 0 Å². The first-order chi connectivity index (χ1) is 20.3. The topological polar surface area (TPSA) is 64.7 Å². The van der Waals surface area contributed by atoms with Crippen molar-refractivity contribution in [1.29, 1.82) is 0 Å². The van der Waals surface area contributed by atoms with Crippen molar-refractivity contribution in [3.05, 3.63) is 134 Å². The van der Waals surface area contributed by atoms with Gasteiger partial charge in [-0.15, -0.1) is 0 Å². The maximum atomic E-state index is 6.53. The fourth-order valence-electron chi connectivity index (χ4n) is 5.50. The smallest absolute Gasteiger partial charge is 0.147 e. The summed E-state index contributed by atoms with van der Waals surface area (Å²) in [7, 11) is 0. The van der Waals surface area contributed by atoms with E-state index in [0.717, 1.165) is 78.0 Å². The van der Waals surface area contributed by atoms with E-state index in [1.165, 1.54) is 0 Å². The Kier molecular flexibility index (Phi) is 5.38. The van der Waals surface area contributed by atoms with Crippen LogP contribution in [0, 0.1) is 0 Å². The number of aromatic nitrogens is 4. The van der Waals surface area contributed by atoms with Crippen molar-refractivity contribution in [3.8, 4) is 45.2 Å². The summed E-state index contributed by atoms with van der Waals surface area (Å²) in [5, 5.41) is 3.04. The summed E-state index contributed by atoms with van der Waals surface area (Å²) in [6.45, 7) is 0. The van der Waals surface area contributed by atoms with Gasteiger partial charge in [0.25, 0.3) is 0 Å². The molecule has 8 rings (SSSR count). The molecule has 5 heterocycles. The van der Waals surface area contributed by atoms with Gasteiger partial charge in [0.2, 0.25) is 0 Å². The second kappa shape index (κ2) is 9.50. The molecule has 0 unspecified atom stereocenters. The molecule has 0 radical (unpaired) electrons. The minimum absolute atomic E-state index is 0.772. The lowest BCUT2D eigenvalue weighted by molar-refractivity contribution is 0.672. The second-order valence-electron chi connectivity index (χ2n) is 9.89. The van der Waals surface area contributed by atoms with Crippen molar-refractivity contribution < 1.29 is 4.42 Å². The van der Waals surface area contributed by atoms with Gasteiger partial charge in [0.15, 0.2) is 0 Å². The van der Waals surface area contributed by atoms with Crippen LogP contribution in [0.15, 0.2) is 138 Å². The van der Waals surface area contributed by atoms with Crippen molar-refractivity contribution in [2.45, 2.75) is 0 Å². The molecule has 0 saturated heterocycles. The van der Waals surface area contributed by atoms with Gasteiger partial charge in [-0.2, -0.15) is 0 Å². The molecule has 5 heteroatoms. The lowest BCUT2D eigenvalue weighted by Gasteiger charge is -2.13. The Bertz CT molecular complexity index is 2130. The monoisotopic (exact) mass is 526 g/mol. The zero-order valence-electron chi connectivity index (χ0n) is 21.9. The molecule has 0 atom stereocenters. The van der Waals surface area contributed by atoms with E-state index >= 15 is 0 Å². The van der Waals surface area contributed by atoms with Gasteiger partial charge in [-0.05, 0) is 54.1 Å². The highest BCUT2D eigenvalue weighted by atomic mass is 16.3. The van der Waals surface area contributed by atoms with Crippen LogP contribution in [0.4, 0.5) is 0 Å². The van der Waals surface area contributed by atoms with Crippen LogP contribution in [-0.4, -0.2) is 19.9 Å². The minimum Gasteiger partial charge on any atom is -0.455 e. The van der Waals surface area contributed by atoms with Gasteiger partial charge >= 0.3 is 0 Å². The van der Waals surface area contributed by atoms with Crippen molar-refractivity contribution in [3.63, 3.8) is 0 Å². The highest BCUT2D eigenvalue weighted by Gasteiger charge is 2.20. The SMILES string of the molecule is c1ccc(-c2nc3c(-c4cc(-c5ccccn5)nc(-c5ccccn5)c4)cccc3c3oc4ccccc4c23)cc1.